The van der Waals surface area contributed by atoms with Crippen LogP contribution in [0.25, 0.3) is 0 Å². The van der Waals surface area contributed by atoms with Crippen LogP contribution in [0.1, 0.15) is 33.6 Å². The van der Waals surface area contributed by atoms with Gasteiger partial charge in [0.2, 0.25) is 10.0 Å². The Kier molecular flexibility index (Phi) is 7.83. The lowest BCUT2D eigenvalue weighted by atomic mass is 10.1. The summed E-state index contributed by atoms with van der Waals surface area (Å²) in [5, 5.41) is 6.35. The number of aliphatic imine (C=N–C) groups is 1. The average molecular weight is 337 g/mol. The van der Waals surface area contributed by atoms with Gasteiger partial charge in [-0.1, -0.05) is 0 Å². The molecule has 124 valence electrons. The van der Waals surface area contributed by atoms with Crippen LogP contribution >= 0.6 is 11.8 Å². The standard InChI is InChI=1S/C13H28N4O2S2/c1-4-14-12(15-8-9-17-21(18,19)5-2)16-11-13(3)7-6-10-20-13/h17H,4-11H2,1-3H3,(H2,14,15,16). The Labute approximate surface area is 133 Å². The van der Waals surface area contributed by atoms with E-state index in [4.69, 9.17) is 0 Å². The molecule has 1 unspecified atom stereocenters. The second kappa shape index (κ2) is 8.85. The van der Waals surface area contributed by atoms with Gasteiger partial charge in [-0.25, -0.2) is 13.1 Å². The number of nitrogens with one attached hydrogen (secondary N) is 3. The molecule has 0 aromatic heterocycles. The van der Waals surface area contributed by atoms with E-state index in [0.29, 0.717) is 13.1 Å². The van der Waals surface area contributed by atoms with Crippen molar-refractivity contribution in [3.8, 4) is 0 Å². The molecule has 0 aromatic rings. The number of nitrogens with zero attached hydrogens (tertiary/aromatic N) is 1. The molecule has 0 spiro atoms. The third-order valence-electron chi connectivity index (χ3n) is 3.34. The molecule has 1 atom stereocenters. The van der Waals surface area contributed by atoms with Crippen molar-refractivity contribution in [3.05, 3.63) is 0 Å². The molecule has 1 rings (SSSR count). The maximum absolute atomic E-state index is 11.3. The summed E-state index contributed by atoms with van der Waals surface area (Å²) in [4.78, 5) is 4.62. The first-order valence-electron chi connectivity index (χ1n) is 7.54. The molecule has 6 nitrogen and oxygen atoms in total. The van der Waals surface area contributed by atoms with Gasteiger partial charge in [0.1, 0.15) is 0 Å². The fourth-order valence-electron chi connectivity index (χ4n) is 2.04. The summed E-state index contributed by atoms with van der Waals surface area (Å²) < 4.78 is 25.4. The smallest absolute Gasteiger partial charge is 0.211 e. The van der Waals surface area contributed by atoms with Crippen molar-refractivity contribution in [2.75, 3.05) is 37.7 Å². The normalized spacial score (nSPS) is 23.3. The van der Waals surface area contributed by atoms with E-state index < -0.39 is 10.0 Å². The zero-order valence-electron chi connectivity index (χ0n) is 13.2. The first-order chi connectivity index (χ1) is 9.91. The second-order valence-corrected chi connectivity index (χ2v) is 9.10. The van der Waals surface area contributed by atoms with Gasteiger partial charge in [-0.15, -0.1) is 0 Å². The molecule has 0 bridgehead atoms. The molecule has 1 aliphatic heterocycles. The monoisotopic (exact) mass is 336 g/mol. The Morgan fingerprint density at radius 1 is 1.29 bits per heavy atom. The summed E-state index contributed by atoms with van der Waals surface area (Å²) in [5.41, 5.74) is 0. The highest BCUT2D eigenvalue weighted by Crippen LogP contribution is 2.37. The third kappa shape index (κ3) is 7.37. The van der Waals surface area contributed by atoms with Gasteiger partial charge < -0.3 is 10.6 Å². The average Bonchev–Trinajstić information content (AvgIpc) is 2.88. The van der Waals surface area contributed by atoms with Crippen molar-refractivity contribution in [2.24, 2.45) is 4.99 Å². The lowest BCUT2D eigenvalue weighted by molar-refractivity contribution is 0.581. The molecule has 0 aliphatic carbocycles. The van der Waals surface area contributed by atoms with Gasteiger partial charge in [0.05, 0.1) is 12.3 Å². The first-order valence-corrected chi connectivity index (χ1v) is 10.2. The van der Waals surface area contributed by atoms with Crippen LogP contribution in [0.15, 0.2) is 4.99 Å². The molecule has 1 fully saturated rings. The number of thioether (sulfide) groups is 1. The Hall–Kier alpha value is -0.470. The molecule has 1 saturated heterocycles. The number of guanidine groups is 1. The molecule has 0 radical (unpaired) electrons. The Morgan fingerprint density at radius 2 is 2.05 bits per heavy atom. The van der Waals surface area contributed by atoms with E-state index >= 15 is 0 Å². The van der Waals surface area contributed by atoms with Crippen LogP contribution in [-0.2, 0) is 10.0 Å². The minimum absolute atomic E-state index is 0.108. The SMILES string of the molecule is CCNC(=NCC1(C)CCCS1)NCCNS(=O)(=O)CC. The lowest BCUT2D eigenvalue weighted by Crippen LogP contribution is -2.42. The summed E-state index contributed by atoms with van der Waals surface area (Å²) in [5.74, 6) is 2.08. The molecule has 3 N–H and O–H groups in total. The number of sulfonamides is 1. The van der Waals surface area contributed by atoms with Gasteiger partial charge >= 0.3 is 0 Å². The van der Waals surface area contributed by atoms with Gasteiger partial charge in [-0.3, -0.25) is 4.99 Å². The second-order valence-electron chi connectivity index (χ2n) is 5.32. The molecule has 21 heavy (non-hydrogen) atoms. The van der Waals surface area contributed by atoms with Crippen molar-refractivity contribution in [2.45, 2.75) is 38.4 Å². The minimum Gasteiger partial charge on any atom is -0.357 e. The van der Waals surface area contributed by atoms with E-state index in [1.165, 1.54) is 18.6 Å². The maximum Gasteiger partial charge on any atom is 0.211 e. The molecule has 8 heteroatoms. The van der Waals surface area contributed by atoms with E-state index in [-0.39, 0.29) is 10.5 Å². The van der Waals surface area contributed by atoms with Gasteiger partial charge in [-0.05, 0) is 39.4 Å². The summed E-state index contributed by atoms with van der Waals surface area (Å²) >= 11 is 1.99. The topological polar surface area (TPSA) is 82.6 Å². The fraction of sp³-hybridized carbons (Fsp3) is 0.923. The van der Waals surface area contributed by atoms with Crippen molar-refractivity contribution in [1.29, 1.82) is 0 Å². The van der Waals surface area contributed by atoms with Crippen LogP contribution in [0.5, 0.6) is 0 Å². The Morgan fingerprint density at radius 3 is 2.62 bits per heavy atom. The highest BCUT2D eigenvalue weighted by atomic mass is 32.2. The number of rotatable bonds is 8. The van der Waals surface area contributed by atoms with Crippen LogP contribution in [0, 0.1) is 0 Å². The summed E-state index contributed by atoms with van der Waals surface area (Å²) in [6.45, 7) is 8.36. The molecular formula is C13H28N4O2S2. The quantitative estimate of drug-likeness (QED) is 0.346. The van der Waals surface area contributed by atoms with Crippen LogP contribution in [0.4, 0.5) is 0 Å². The molecular weight excluding hydrogens is 308 g/mol. The molecule has 0 aromatic carbocycles. The summed E-state index contributed by atoms with van der Waals surface area (Å²) in [6.07, 6.45) is 2.47. The van der Waals surface area contributed by atoms with Crippen LogP contribution < -0.4 is 15.4 Å². The van der Waals surface area contributed by atoms with E-state index in [9.17, 15) is 8.42 Å². The maximum atomic E-state index is 11.3. The lowest BCUT2D eigenvalue weighted by Gasteiger charge is -2.21. The largest absolute Gasteiger partial charge is 0.357 e. The minimum atomic E-state index is -3.12. The van der Waals surface area contributed by atoms with Crippen molar-refractivity contribution in [3.63, 3.8) is 0 Å². The Balaban J connectivity index is 2.38. The highest BCUT2D eigenvalue weighted by molar-refractivity contribution is 8.00. The van der Waals surface area contributed by atoms with E-state index in [1.54, 1.807) is 6.92 Å². The van der Waals surface area contributed by atoms with Crippen molar-refractivity contribution >= 4 is 27.7 Å². The highest BCUT2D eigenvalue weighted by Gasteiger charge is 2.29. The molecule has 0 amide bonds. The molecule has 1 aliphatic rings. The zero-order valence-corrected chi connectivity index (χ0v) is 14.9. The predicted octanol–water partition coefficient (Wildman–Crippen LogP) is 0.767. The first kappa shape index (κ1) is 18.6. The summed E-state index contributed by atoms with van der Waals surface area (Å²) in [7, 11) is -3.12. The van der Waals surface area contributed by atoms with Crippen LogP contribution in [0.3, 0.4) is 0 Å². The van der Waals surface area contributed by atoms with E-state index in [2.05, 4.69) is 27.3 Å². The van der Waals surface area contributed by atoms with Crippen molar-refractivity contribution in [1.82, 2.24) is 15.4 Å². The third-order valence-corrected chi connectivity index (χ3v) is 6.26. The fourth-order valence-corrected chi connectivity index (χ4v) is 3.88. The predicted molar refractivity (Wildman–Crippen MR) is 91.5 cm³/mol. The van der Waals surface area contributed by atoms with E-state index in [0.717, 1.165) is 19.0 Å². The van der Waals surface area contributed by atoms with Crippen LogP contribution in [-0.4, -0.2) is 56.8 Å². The van der Waals surface area contributed by atoms with E-state index in [1.807, 2.05) is 18.7 Å². The van der Waals surface area contributed by atoms with Crippen LogP contribution in [0.2, 0.25) is 0 Å². The molecule has 0 saturated carbocycles. The van der Waals surface area contributed by atoms with Crippen molar-refractivity contribution < 1.29 is 8.42 Å². The van der Waals surface area contributed by atoms with Gasteiger partial charge in [0, 0.05) is 24.4 Å². The number of hydrogen-bond donors (Lipinski definition) is 3. The molecule has 1 heterocycles. The zero-order chi connectivity index (χ0) is 15.8. The van der Waals surface area contributed by atoms with Gasteiger partial charge in [0.25, 0.3) is 0 Å². The van der Waals surface area contributed by atoms with Gasteiger partial charge in [0.15, 0.2) is 5.96 Å². The Bertz CT molecular complexity index is 431. The van der Waals surface area contributed by atoms with Gasteiger partial charge in [-0.2, -0.15) is 11.8 Å². The summed E-state index contributed by atoms with van der Waals surface area (Å²) in [6, 6.07) is 0. The number of hydrogen-bond acceptors (Lipinski definition) is 4.